The maximum atomic E-state index is 11.9. The predicted molar refractivity (Wildman–Crippen MR) is 68.9 cm³/mol. The highest BCUT2D eigenvalue weighted by Gasteiger charge is 2.34. The molecule has 0 bridgehead atoms. The maximum absolute atomic E-state index is 11.9. The summed E-state index contributed by atoms with van der Waals surface area (Å²) in [5.74, 6) is 0.304. The van der Waals surface area contributed by atoms with Gasteiger partial charge in [0, 0.05) is 5.56 Å². The predicted octanol–water partition coefficient (Wildman–Crippen LogP) is 1.19. The molecule has 4 nitrogen and oxygen atoms in total. The number of rotatable bonds is 4. The third-order valence-corrected chi connectivity index (χ3v) is 3.07. The summed E-state index contributed by atoms with van der Waals surface area (Å²) in [5.41, 5.74) is 6.10. The number of thiocarbonyl (C=S) groups is 1. The fourth-order valence-electron chi connectivity index (χ4n) is 1.69. The topological polar surface area (TPSA) is 75.3 Å². The van der Waals surface area contributed by atoms with Crippen LogP contribution in [0.2, 0.25) is 0 Å². The van der Waals surface area contributed by atoms with Crippen LogP contribution >= 0.6 is 12.2 Å². The second-order valence-electron chi connectivity index (χ2n) is 4.24. The molecule has 1 aliphatic carbocycles. The first-order valence-electron chi connectivity index (χ1n) is 5.47. The minimum atomic E-state index is -0.216. The van der Waals surface area contributed by atoms with Crippen molar-refractivity contribution in [3.63, 3.8) is 0 Å². The van der Waals surface area contributed by atoms with Crippen LogP contribution in [0.25, 0.3) is 0 Å². The molecule has 0 aromatic heterocycles. The van der Waals surface area contributed by atoms with Crippen LogP contribution < -0.4 is 11.1 Å². The largest absolute Gasteiger partial charge is 0.508 e. The first-order chi connectivity index (χ1) is 8.08. The van der Waals surface area contributed by atoms with Crippen molar-refractivity contribution in [1.29, 1.82) is 0 Å². The van der Waals surface area contributed by atoms with Gasteiger partial charge in [0.05, 0.1) is 11.0 Å². The zero-order valence-electron chi connectivity index (χ0n) is 9.22. The van der Waals surface area contributed by atoms with E-state index in [1.165, 1.54) is 12.1 Å². The van der Waals surface area contributed by atoms with E-state index in [0.29, 0.717) is 16.5 Å². The van der Waals surface area contributed by atoms with Crippen molar-refractivity contribution < 1.29 is 9.90 Å². The van der Waals surface area contributed by atoms with Gasteiger partial charge in [-0.2, -0.15) is 0 Å². The van der Waals surface area contributed by atoms with Crippen molar-refractivity contribution >= 4 is 23.1 Å². The van der Waals surface area contributed by atoms with Crippen molar-refractivity contribution in [3.05, 3.63) is 29.8 Å². The van der Waals surface area contributed by atoms with E-state index < -0.39 is 0 Å². The molecule has 4 N–H and O–H groups in total. The van der Waals surface area contributed by atoms with Gasteiger partial charge < -0.3 is 16.2 Å². The van der Waals surface area contributed by atoms with Crippen LogP contribution in [0.15, 0.2) is 24.3 Å². The van der Waals surface area contributed by atoms with Crippen LogP contribution in [-0.2, 0) is 0 Å². The standard InChI is InChI=1S/C12H14N2O2S/c13-11(17)10(7-1-2-7)14-12(16)8-3-5-9(15)6-4-8/h3-7,10,15H,1-2H2,(H2,13,17)(H,14,16). The molecule has 5 heteroatoms. The molecule has 0 heterocycles. The SMILES string of the molecule is NC(=S)C(NC(=O)c1ccc(O)cc1)C1CC1. The molecule has 1 amide bonds. The second-order valence-corrected chi connectivity index (χ2v) is 4.71. The van der Waals surface area contributed by atoms with Gasteiger partial charge in [-0.25, -0.2) is 0 Å². The summed E-state index contributed by atoms with van der Waals surface area (Å²) in [4.78, 5) is 12.2. The lowest BCUT2D eigenvalue weighted by Crippen LogP contribution is -2.45. The monoisotopic (exact) mass is 250 g/mol. The van der Waals surface area contributed by atoms with Gasteiger partial charge in [-0.1, -0.05) is 12.2 Å². The molecular formula is C12H14N2O2S. The van der Waals surface area contributed by atoms with Crippen LogP contribution in [0.5, 0.6) is 5.75 Å². The molecule has 0 radical (unpaired) electrons. The Hall–Kier alpha value is -1.62. The van der Waals surface area contributed by atoms with Crippen molar-refractivity contribution in [3.8, 4) is 5.75 Å². The Morgan fingerprint density at radius 2 is 2.00 bits per heavy atom. The highest BCUT2D eigenvalue weighted by atomic mass is 32.1. The van der Waals surface area contributed by atoms with Crippen molar-refractivity contribution in [2.75, 3.05) is 0 Å². The number of nitrogens with one attached hydrogen (secondary N) is 1. The smallest absolute Gasteiger partial charge is 0.251 e. The first-order valence-corrected chi connectivity index (χ1v) is 5.88. The third kappa shape index (κ3) is 2.94. The van der Waals surface area contributed by atoms with E-state index >= 15 is 0 Å². The Morgan fingerprint density at radius 3 is 2.47 bits per heavy atom. The summed E-state index contributed by atoms with van der Waals surface area (Å²) in [5, 5.41) is 12.0. The summed E-state index contributed by atoms with van der Waals surface area (Å²) in [6.07, 6.45) is 2.11. The average Bonchev–Trinajstić information content (AvgIpc) is 3.10. The van der Waals surface area contributed by atoms with Crippen molar-refractivity contribution in [2.45, 2.75) is 18.9 Å². The Labute approximate surface area is 105 Å². The molecule has 90 valence electrons. The molecule has 0 saturated heterocycles. The molecule has 1 unspecified atom stereocenters. The van der Waals surface area contributed by atoms with Crippen LogP contribution in [0.1, 0.15) is 23.2 Å². The molecule has 17 heavy (non-hydrogen) atoms. The lowest BCUT2D eigenvalue weighted by Gasteiger charge is -2.16. The summed E-state index contributed by atoms with van der Waals surface area (Å²) < 4.78 is 0. The number of hydrogen-bond acceptors (Lipinski definition) is 3. The van der Waals surface area contributed by atoms with E-state index in [4.69, 9.17) is 23.1 Å². The number of carbonyl (C=O) groups excluding carboxylic acids is 1. The number of phenols is 1. The van der Waals surface area contributed by atoms with Crippen molar-refractivity contribution in [2.24, 2.45) is 11.7 Å². The van der Waals surface area contributed by atoms with Crippen LogP contribution in [0.4, 0.5) is 0 Å². The van der Waals surface area contributed by atoms with E-state index in [1.807, 2.05) is 0 Å². The molecule has 1 aromatic rings. The zero-order chi connectivity index (χ0) is 12.4. The Balaban J connectivity index is 2.04. The summed E-state index contributed by atoms with van der Waals surface area (Å²) in [7, 11) is 0. The van der Waals surface area contributed by atoms with Gasteiger partial charge >= 0.3 is 0 Å². The molecule has 1 aromatic carbocycles. The Kier molecular flexibility index (Phi) is 3.28. The molecule has 2 rings (SSSR count). The summed E-state index contributed by atoms with van der Waals surface area (Å²) in [6, 6.07) is 5.86. The molecule has 0 aliphatic heterocycles. The number of benzene rings is 1. The van der Waals surface area contributed by atoms with Crippen molar-refractivity contribution in [1.82, 2.24) is 5.32 Å². The highest BCUT2D eigenvalue weighted by molar-refractivity contribution is 7.80. The van der Waals surface area contributed by atoms with Crippen LogP contribution in [0, 0.1) is 5.92 Å². The number of amides is 1. The third-order valence-electron chi connectivity index (χ3n) is 2.82. The van der Waals surface area contributed by atoms with Gasteiger partial charge in [-0.15, -0.1) is 0 Å². The molecule has 1 aliphatic rings. The number of carbonyl (C=O) groups is 1. The fourth-order valence-corrected chi connectivity index (χ4v) is 1.94. The molecule has 1 atom stereocenters. The second kappa shape index (κ2) is 4.71. The number of hydrogen-bond donors (Lipinski definition) is 3. The van der Waals surface area contributed by atoms with Gasteiger partial charge in [-0.3, -0.25) is 4.79 Å². The van der Waals surface area contributed by atoms with Gasteiger partial charge in [-0.05, 0) is 43.0 Å². The molecule has 0 spiro atoms. The van der Waals surface area contributed by atoms with Gasteiger partial charge in [0.1, 0.15) is 5.75 Å². The van der Waals surface area contributed by atoms with E-state index in [0.717, 1.165) is 12.8 Å². The Morgan fingerprint density at radius 1 is 1.41 bits per heavy atom. The number of aromatic hydroxyl groups is 1. The van der Waals surface area contributed by atoms with E-state index in [2.05, 4.69) is 5.32 Å². The minimum absolute atomic E-state index is 0.134. The maximum Gasteiger partial charge on any atom is 0.251 e. The lowest BCUT2D eigenvalue weighted by molar-refractivity contribution is 0.0944. The quantitative estimate of drug-likeness (QED) is 0.702. The number of phenolic OH excluding ortho intramolecular Hbond substituents is 1. The minimum Gasteiger partial charge on any atom is -0.508 e. The highest BCUT2D eigenvalue weighted by Crippen LogP contribution is 2.32. The molecule has 1 saturated carbocycles. The first kappa shape index (κ1) is 11.9. The molecular weight excluding hydrogens is 236 g/mol. The van der Waals surface area contributed by atoms with E-state index in [9.17, 15) is 4.79 Å². The van der Waals surface area contributed by atoms with E-state index in [-0.39, 0.29) is 17.7 Å². The number of nitrogens with two attached hydrogens (primary N) is 1. The lowest BCUT2D eigenvalue weighted by atomic mass is 10.1. The van der Waals surface area contributed by atoms with Gasteiger partial charge in [0.25, 0.3) is 5.91 Å². The fraction of sp³-hybridized carbons (Fsp3) is 0.333. The zero-order valence-corrected chi connectivity index (χ0v) is 10.0. The summed E-state index contributed by atoms with van der Waals surface area (Å²) in [6.45, 7) is 0. The van der Waals surface area contributed by atoms with Gasteiger partial charge in [0.2, 0.25) is 0 Å². The normalized spacial score (nSPS) is 16.2. The summed E-state index contributed by atoms with van der Waals surface area (Å²) >= 11 is 4.95. The van der Waals surface area contributed by atoms with Crippen LogP contribution in [0.3, 0.4) is 0 Å². The Bertz CT molecular complexity index is 440. The molecule has 1 fully saturated rings. The van der Waals surface area contributed by atoms with E-state index in [1.54, 1.807) is 12.1 Å². The van der Waals surface area contributed by atoms with Gasteiger partial charge in [0.15, 0.2) is 0 Å². The average molecular weight is 250 g/mol. The van der Waals surface area contributed by atoms with Crippen LogP contribution in [-0.4, -0.2) is 22.0 Å².